The number of benzene rings is 3. The van der Waals surface area contributed by atoms with E-state index in [-0.39, 0.29) is 29.3 Å². The summed E-state index contributed by atoms with van der Waals surface area (Å²) in [4.78, 5) is 29.3. The van der Waals surface area contributed by atoms with E-state index in [2.05, 4.69) is 17.4 Å². The number of hydrogen-bond acceptors (Lipinski definition) is 3. The third-order valence-corrected chi connectivity index (χ3v) is 6.93. The van der Waals surface area contributed by atoms with Crippen LogP contribution in [0.2, 0.25) is 0 Å². The van der Waals surface area contributed by atoms with Gasteiger partial charge in [0.1, 0.15) is 5.82 Å². The van der Waals surface area contributed by atoms with E-state index in [0.29, 0.717) is 18.4 Å². The summed E-state index contributed by atoms with van der Waals surface area (Å²) in [6.45, 7) is 5.71. The van der Waals surface area contributed by atoms with Gasteiger partial charge in [0.15, 0.2) is 5.78 Å². The van der Waals surface area contributed by atoms with Gasteiger partial charge in [-0.2, -0.15) is 0 Å². The Morgan fingerprint density at radius 1 is 0.971 bits per heavy atom. The molecular formula is C30H29FN2O2. The summed E-state index contributed by atoms with van der Waals surface area (Å²) < 4.78 is 13.9. The van der Waals surface area contributed by atoms with Gasteiger partial charge in [0, 0.05) is 23.6 Å². The van der Waals surface area contributed by atoms with Crippen LogP contribution in [0, 0.1) is 18.7 Å². The first kappa shape index (κ1) is 23.0. The Morgan fingerprint density at radius 3 is 2.37 bits per heavy atom. The Labute approximate surface area is 205 Å². The molecule has 3 aromatic rings. The third-order valence-electron chi connectivity index (χ3n) is 6.93. The maximum absolute atomic E-state index is 13.9. The number of Topliss-reactive ketones (excluding diaryl/α,β-unsaturated/α-hetero) is 1. The van der Waals surface area contributed by atoms with Gasteiger partial charge < -0.3 is 5.32 Å². The molecule has 4 nitrogen and oxygen atoms in total. The average molecular weight is 469 g/mol. The number of carbonyl (C=O) groups excluding carboxylic acids is 2. The lowest BCUT2D eigenvalue weighted by Crippen LogP contribution is -2.40. The number of nitrogens with one attached hydrogen (secondary N) is 1. The Morgan fingerprint density at radius 2 is 1.69 bits per heavy atom. The van der Waals surface area contributed by atoms with Gasteiger partial charge in [-0.3, -0.25) is 14.5 Å². The molecule has 2 atom stereocenters. The first-order chi connectivity index (χ1) is 16.8. The Kier molecular flexibility index (Phi) is 6.01. The van der Waals surface area contributed by atoms with Gasteiger partial charge in [-0.05, 0) is 60.2 Å². The standard InChI is InChI=1S/C30H29FN2O2/c1-18(2)30(35)33-26-15-19(3)9-14-24(26)32-25-16-22(20-7-5-4-6-8-20)17-27(34)28(25)29(33)21-10-12-23(31)13-11-21/h4-15,18,22,29,32H,16-17H2,1-3H3/t22-,29+/m0/s1. The van der Waals surface area contributed by atoms with Gasteiger partial charge in [-0.25, -0.2) is 4.39 Å². The molecule has 35 heavy (non-hydrogen) atoms. The van der Waals surface area contributed by atoms with Crippen molar-refractivity contribution in [3.05, 3.63) is 107 Å². The van der Waals surface area contributed by atoms with Crippen molar-refractivity contribution < 1.29 is 14.0 Å². The highest BCUT2D eigenvalue weighted by Crippen LogP contribution is 2.48. The van der Waals surface area contributed by atoms with Gasteiger partial charge in [0.05, 0.1) is 17.4 Å². The lowest BCUT2D eigenvalue weighted by Gasteiger charge is -2.36. The minimum atomic E-state index is -0.639. The highest BCUT2D eigenvalue weighted by Gasteiger charge is 2.42. The molecule has 3 aromatic carbocycles. The molecule has 0 unspecified atom stereocenters. The number of aryl methyl sites for hydroxylation is 1. The van der Waals surface area contributed by atoms with E-state index in [4.69, 9.17) is 0 Å². The zero-order chi connectivity index (χ0) is 24.7. The van der Waals surface area contributed by atoms with Crippen LogP contribution in [0.4, 0.5) is 15.8 Å². The highest BCUT2D eigenvalue weighted by atomic mass is 19.1. The molecule has 0 fully saturated rings. The summed E-state index contributed by atoms with van der Waals surface area (Å²) in [5.74, 6) is -0.672. The normalized spacial score (nSPS) is 19.7. The van der Waals surface area contributed by atoms with E-state index in [1.54, 1.807) is 17.0 Å². The number of fused-ring (bicyclic) bond motifs is 1. The van der Waals surface area contributed by atoms with Crippen LogP contribution in [0.25, 0.3) is 0 Å². The molecule has 1 N–H and O–H groups in total. The molecular weight excluding hydrogens is 439 g/mol. The van der Waals surface area contributed by atoms with Crippen molar-refractivity contribution in [2.24, 2.45) is 5.92 Å². The van der Waals surface area contributed by atoms with E-state index < -0.39 is 6.04 Å². The zero-order valence-corrected chi connectivity index (χ0v) is 20.2. The quantitative estimate of drug-likeness (QED) is 0.466. The smallest absolute Gasteiger partial charge is 0.230 e. The van der Waals surface area contributed by atoms with Crippen molar-refractivity contribution >= 4 is 23.1 Å². The van der Waals surface area contributed by atoms with Crippen LogP contribution < -0.4 is 10.2 Å². The summed E-state index contributed by atoms with van der Waals surface area (Å²) in [5.41, 5.74) is 5.80. The van der Waals surface area contributed by atoms with Gasteiger partial charge in [-0.15, -0.1) is 0 Å². The fraction of sp³-hybridized carbons (Fsp3) is 0.267. The summed E-state index contributed by atoms with van der Waals surface area (Å²) in [5, 5.41) is 3.54. The Balaban J connectivity index is 1.74. The third kappa shape index (κ3) is 4.27. The monoisotopic (exact) mass is 468 g/mol. The summed E-state index contributed by atoms with van der Waals surface area (Å²) in [6, 6.07) is 21.5. The molecule has 178 valence electrons. The molecule has 2 aliphatic rings. The molecule has 1 amide bonds. The summed E-state index contributed by atoms with van der Waals surface area (Å²) in [7, 11) is 0. The second kappa shape index (κ2) is 9.14. The topological polar surface area (TPSA) is 49.4 Å². The van der Waals surface area contributed by atoms with Gasteiger partial charge in [0.2, 0.25) is 5.91 Å². The molecule has 0 aromatic heterocycles. The first-order valence-corrected chi connectivity index (χ1v) is 12.1. The number of anilines is 2. The predicted octanol–water partition coefficient (Wildman–Crippen LogP) is 6.69. The van der Waals surface area contributed by atoms with Crippen molar-refractivity contribution in [1.29, 1.82) is 0 Å². The van der Waals surface area contributed by atoms with Crippen molar-refractivity contribution in [2.75, 3.05) is 10.2 Å². The maximum Gasteiger partial charge on any atom is 0.230 e. The highest BCUT2D eigenvalue weighted by molar-refractivity contribution is 6.06. The molecule has 5 heteroatoms. The lowest BCUT2D eigenvalue weighted by atomic mass is 9.78. The Hall–Kier alpha value is -3.73. The van der Waals surface area contributed by atoms with E-state index in [0.717, 1.165) is 33.8 Å². The molecule has 1 aliphatic heterocycles. The molecule has 0 bridgehead atoms. The van der Waals surface area contributed by atoms with Crippen molar-refractivity contribution in [3.8, 4) is 0 Å². The van der Waals surface area contributed by atoms with E-state index in [9.17, 15) is 14.0 Å². The number of amides is 1. The molecule has 0 saturated heterocycles. The number of hydrogen-bond donors (Lipinski definition) is 1. The van der Waals surface area contributed by atoms with Crippen LogP contribution >= 0.6 is 0 Å². The number of ketones is 1. The second-order valence-corrected chi connectivity index (χ2v) is 9.79. The lowest BCUT2D eigenvalue weighted by molar-refractivity contribution is -0.121. The van der Waals surface area contributed by atoms with Crippen molar-refractivity contribution in [2.45, 2.75) is 45.6 Å². The molecule has 1 heterocycles. The number of nitrogens with zero attached hydrogens (tertiary/aromatic N) is 1. The first-order valence-electron chi connectivity index (χ1n) is 12.1. The van der Waals surface area contributed by atoms with Crippen molar-refractivity contribution in [1.82, 2.24) is 0 Å². The number of carbonyl (C=O) groups is 2. The summed E-state index contributed by atoms with van der Waals surface area (Å²) >= 11 is 0. The van der Waals surface area contributed by atoms with Crippen LogP contribution in [0.15, 0.2) is 84.1 Å². The average Bonchev–Trinajstić information content (AvgIpc) is 2.99. The van der Waals surface area contributed by atoms with Crippen molar-refractivity contribution in [3.63, 3.8) is 0 Å². The fourth-order valence-corrected chi connectivity index (χ4v) is 5.19. The minimum absolute atomic E-state index is 0.00742. The number of halogens is 1. The van der Waals surface area contributed by atoms with E-state index >= 15 is 0 Å². The van der Waals surface area contributed by atoms with E-state index in [1.165, 1.54) is 12.1 Å². The zero-order valence-electron chi connectivity index (χ0n) is 20.2. The van der Waals surface area contributed by atoms with Crippen LogP contribution in [-0.2, 0) is 9.59 Å². The van der Waals surface area contributed by atoms with Gasteiger partial charge >= 0.3 is 0 Å². The molecule has 1 aliphatic carbocycles. The SMILES string of the molecule is Cc1ccc2c(c1)N(C(=O)C(C)C)[C@H](c1ccc(F)cc1)C1=C(C[C@H](c3ccccc3)CC1=O)N2. The number of allylic oxidation sites excluding steroid dienone is 1. The van der Waals surface area contributed by atoms with E-state index in [1.807, 2.05) is 57.2 Å². The second-order valence-electron chi connectivity index (χ2n) is 9.79. The molecule has 0 spiro atoms. The number of rotatable bonds is 3. The maximum atomic E-state index is 13.9. The largest absolute Gasteiger partial charge is 0.357 e. The van der Waals surface area contributed by atoms with Crippen LogP contribution in [0.5, 0.6) is 0 Å². The predicted molar refractivity (Wildman–Crippen MR) is 137 cm³/mol. The van der Waals surface area contributed by atoms with Gasteiger partial charge in [-0.1, -0.05) is 62.4 Å². The van der Waals surface area contributed by atoms with Gasteiger partial charge in [0.25, 0.3) is 0 Å². The Bertz CT molecular complexity index is 1310. The molecule has 0 radical (unpaired) electrons. The van der Waals surface area contributed by atoms with Crippen LogP contribution in [0.3, 0.4) is 0 Å². The fourth-order valence-electron chi connectivity index (χ4n) is 5.19. The van der Waals surface area contributed by atoms with Crippen LogP contribution in [-0.4, -0.2) is 11.7 Å². The molecule has 5 rings (SSSR count). The summed E-state index contributed by atoms with van der Waals surface area (Å²) in [6.07, 6.45) is 1.01. The molecule has 0 saturated carbocycles. The minimum Gasteiger partial charge on any atom is -0.357 e. The van der Waals surface area contributed by atoms with Crippen LogP contribution in [0.1, 0.15) is 55.3 Å².